The molecular formula is C22H32N2O3S. The van der Waals surface area contributed by atoms with E-state index in [1.165, 1.54) is 17.5 Å². The lowest BCUT2D eigenvalue weighted by molar-refractivity contribution is -0.127. The third-order valence-corrected chi connectivity index (χ3v) is 8.64. The minimum atomic E-state index is -3.60. The highest BCUT2D eigenvalue weighted by Gasteiger charge is 2.40. The predicted octanol–water partition coefficient (Wildman–Crippen LogP) is 3.42. The third-order valence-electron chi connectivity index (χ3n) is 6.72. The second kappa shape index (κ2) is 8.54. The molecule has 1 amide bonds. The van der Waals surface area contributed by atoms with Crippen molar-refractivity contribution in [3.63, 3.8) is 0 Å². The Morgan fingerprint density at radius 1 is 0.893 bits per heavy atom. The van der Waals surface area contributed by atoms with Crippen molar-refractivity contribution in [2.75, 3.05) is 13.1 Å². The van der Waals surface area contributed by atoms with Gasteiger partial charge in [-0.3, -0.25) is 4.79 Å². The molecule has 1 aromatic carbocycles. The van der Waals surface area contributed by atoms with Crippen molar-refractivity contribution < 1.29 is 13.2 Å². The van der Waals surface area contributed by atoms with Gasteiger partial charge in [0.1, 0.15) is 0 Å². The molecule has 2 aliphatic carbocycles. The minimum Gasteiger partial charge on any atom is -0.356 e. The van der Waals surface area contributed by atoms with Gasteiger partial charge in [-0.15, -0.1) is 0 Å². The Bertz CT molecular complexity index is 821. The molecule has 3 aliphatic rings. The van der Waals surface area contributed by atoms with Crippen molar-refractivity contribution in [2.24, 2.45) is 5.92 Å². The van der Waals surface area contributed by atoms with Gasteiger partial charge in [-0.1, -0.05) is 25.3 Å². The lowest BCUT2D eigenvalue weighted by Gasteiger charge is -2.39. The molecule has 1 saturated heterocycles. The fraction of sp³-hybridized carbons (Fsp3) is 0.682. The Morgan fingerprint density at radius 2 is 1.68 bits per heavy atom. The highest BCUT2D eigenvalue weighted by molar-refractivity contribution is 7.89. The van der Waals surface area contributed by atoms with Crippen LogP contribution in [-0.2, 0) is 27.7 Å². The number of nitrogens with one attached hydrogen (secondary N) is 1. The first-order valence-corrected chi connectivity index (χ1v) is 12.4. The molecule has 0 unspecified atom stereocenters. The van der Waals surface area contributed by atoms with Crippen molar-refractivity contribution in [2.45, 2.75) is 81.6 Å². The molecule has 0 spiro atoms. The number of hydrogen-bond acceptors (Lipinski definition) is 3. The fourth-order valence-electron chi connectivity index (χ4n) is 5.14. The highest BCUT2D eigenvalue weighted by atomic mass is 32.2. The first-order valence-electron chi connectivity index (χ1n) is 11.0. The van der Waals surface area contributed by atoms with Gasteiger partial charge < -0.3 is 5.32 Å². The molecule has 28 heavy (non-hydrogen) atoms. The van der Waals surface area contributed by atoms with Crippen LogP contribution in [0.5, 0.6) is 0 Å². The zero-order chi connectivity index (χ0) is 19.6. The van der Waals surface area contributed by atoms with Gasteiger partial charge in [-0.25, -0.2) is 8.42 Å². The van der Waals surface area contributed by atoms with E-state index >= 15 is 0 Å². The normalized spacial score (nSPS) is 27.4. The number of carbonyl (C=O) groups excluding carboxylic acids is 1. The molecule has 4 rings (SSSR count). The first-order chi connectivity index (χ1) is 13.6. The molecule has 0 radical (unpaired) electrons. The summed E-state index contributed by atoms with van der Waals surface area (Å²) in [6.07, 6.45) is 10.6. The van der Waals surface area contributed by atoms with Crippen LogP contribution in [0.2, 0.25) is 0 Å². The summed E-state index contributed by atoms with van der Waals surface area (Å²) < 4.78 is 29.1. The smallest absolute Gasteiger partial charge is 0.243 e. The summed E-state index contributed by atoms with van der Waals surface area (Å²) in [7, 11) is -3.60. The fourth-order valence-corrected chi connectivity index (χ4v) is 6.92. The average molecular weight is 405 g/mol. The Kier molecular flexibility index (Phi) is 6.07. The molecule has 2 fully saturated rings. The summed E-state index contributed by atoms with van der Waals surface area (Å²) in [4.78, 5) is 13.1. The van der Waals surface area contributed by atoms with Crippen LogP contribution in [0.4, 0.5) is 0 Å². The van der Waals surface area contributed by atoms with Crippen LogP contribution in [0.25, 0.3) is 0 Å². The van der Waals surface area contributed by atoms with E-state index in [0.717, 1.165) is 64.2 Å². The van der Waals surface area contributed by atoms with Crippen LogP contribution in [-0.4, -0.2) is 37.8 Å². The number of sulfonamides is 1. The number of benzene rings is 1. The van der Waals surface area contributed by atoms with Gasteiger partial charge in [0, 0.05) is 19.1 Å². The summed E-state index contributed by atoms with van der Waals surface area (Å²) in [6, 6.07) is 5.48. The van der Waals surface area contributed by atoms with Gasteiger partial charge in [0.25, 0.3) is 0 Å². The monoisotopic (exact) mass is 404 g/mol. The molecular weight excluding hydrogens is 372 g/mol. The Morgan fingerprint density at radius 3 is 2.54 bits per heavy atom. The molecule has 1 aromatic rings. The number of aryl methyl sites for hydroxylation is 2. The van der Waals surface area contributed by atoms with E-state index in [1.54, 1.807) is 10.4 Å². The van der Waals surface area contributed by atoms with Gasteiger partial charge in [-0.05, 0) is 74.6 Å². The highest BCUT2D eigenvalue weighted by Crippen LogP contribution is 2.34. The maximum absolute atomic E-state index is 13.7. The van der Waals surface area contributed by atoms with Crippen LogP contribution in [0.1, 0.15) is 68.9 Å². The van der Waals surface area contributed by atoms with Crippen LogP contribution >= 0.6 is 0 Å². The maximum atomic E-state index is 13.7. The average Bonchev–Trinajstić information content (AvgIpc) is 2.72. The number of carbonyl (C=O) groups is 1. The van der Waals surface area contributed by atoms with Crippen molar-refractivity contribution in [1.29, 1.82) is 0 Å². The van der Waals surface area contributed by atoms with Gasteiger partial charge >= 0.3 is 0 Å². The molecule has 0 aromatic heterocycles. The zero-order valence-electron chi connectivity index (χ0n) is 16.7. The van der Waals surface area contributed by atoms with Crippen molar-refractivity contribution in [3.05, 3.63) is 29.3 Å². The molecule has 1 heterocycles. The first kappa shape index (κ1) is 19.9. The van der Waals surface area contributed by atoms with E-state index < -0.39 is 10.0 Å². The molecule has 1 N–H and O–H groups in total. The number of amides is 1. The van der Waals surface area contributed by atoms with Crippen LogP contribution < -0.4 is 5.32 Å². The molecule has 2 atom stereocenters. The van der Waals surface area contributed by atoms with Gasteiger partial charge in [0.2, 0.25) is 15.9 Å². The Labute approximate surface area is 168 Å². The Balaban J connectivity index is 1.69. The van der Waals surface area contributed by atoms with Gasteiger partial charge in [0.05, 0.1) is 10.8 Å². The summed E-state index contributed by atoms with van der Waals surface area (Å²) in [5.74, 6) is -0.184. The molecule has 6 heteroatoms. The second-order valence-corrected chi connectivity index (χ2v) is 10.5. The quantitative estimate of drug-likeness (QED) is 0.821. The van der Waals surface area contributed by atoms with Crippen LogP contribution in [0.15, 0.2) is 23.1 Å². The van der Waals surface area contributed by atoms with E-state index in [-0.39, 0.29) is 17.9 Å². The van der Waals surface area contributed by atoms with Crippen molar-refractivity contribution in [3.8, 4) is 0 Å². The van der Waals surface area contributed by atoms with E-state index in [2.05, 4.69) is 5.32 Å². The summed E-state index contributed by atoms with van der Waals surface area (Å²) in [6.45, 7) is 1.23. The minimum absolute atomic E-state index is 0.0391. The molecule has 154 valence electrons. The lowest BCUT2D eigenvalue weighted by atomic mass is 9.83. The lowest BCUT2D eigenvalue weighted by Crippen LogP contribution is -2.51. The van der Waals surface area contributed by atoms with Gasteiger partial charge in [-0.2, -0.15) is 4.31 Å². The molecule has 5 nitrogen and oxygen atoms in total. The van der Waals surface area contributed by atoms with E-state index in [1.807, 2.05) is 12.1 Å². The predicted molar refractivity (Wildman–Crippen MR) is 110 cm³/mol. The van der Waals surface area contributed by atoms with Crippen LogP contribution in [0, 0.1) is 5.92 Å². The van der Waals surface area contributed by atoms with Crippen LogP contribution in [0.3, 0.4) is 0 Å². The van der Waals surface area contributed by atoms with E-state index in [0.29, 0.717) is 18.0 Å². The van der Waals surface area contributed by atoms with E-state index in [9.17, 15) is 13.2 Å². The summed E-state index contributed by atoms with van der Waals surface area (Å²) in [5.41, 5.74) is 2.48. The number of fused-ring (bicyclic) bond motifs is 2. The summed E-state index contributed by atoms with van der Waals surface area (Å²) in [5, 5.41) is 3.04. The number of nitrogens with zero attached hydrogens (tertiary/aromatic N) is 1. The largest absolute Gasteiger partial charge is 0.356 e. The van der Waals surface area contributed by atoms with Crippen molar-refractivity contribution in [1.82, 2.24) is 9.62 Å². The standard InChI is InChI=1S/C22H32N2O3S/c25-22-20-10-4-5-11-21(20)24(15-7-1-6-14-23-22)28(26,27)19-13-12-17-8-2-3-9-18(17)16-19/h12-13,16,20-21H,1-11,14-15H2,(H,23,25)/t20-,21+/m1/s1. The Hall–Kier alpha value is -1.40. The van der Waals surface area contributed by atoms with Gasteiger partial charge in [0.15, 0.2) is 0 Å². The molecule has 1 saturated carbocycles. The number of hydrogen-bond donors (Lipinski definition) is 1. The summed E-state index contributed by atoms with van der Waals surface area (Å²) >= 11 is 0. The molecule has 1 aliphatic heterocycles. The third kappa shape index (κ3) is 3.99. The topological polar surface area (TPSA) is 66.5 Å². The number of rotatable bonds is 2. The maximum Gasteiger partial charge on any atom is 0.243 e. The zero-order valence-corrected chi connectivity index (χ0v) is 17.5. The van der Waals surface area contributed by atoms with E-state index in [4.69, 9.17) is 0 Å². The SMILES string of the molecule is O=C1NCCCCCN(S(=O)(=O)c2ccc3c(c2)CCCC3)[C@H]2CCCC[C@@H]12. The molecule has 0 bridgehead atoms. The van der Waals surface area contributed by atoms with Crippen molar-refractivity contribution >= 4 is 15.9 Å². The second-order valence-electron chi connectivity index (χ2n) is 8.56.